The van der Waals surface area contributed by atoms with Gasteiger partial charge in [-0.1, -0.05) is 58.2 Å². The van der Waals surface area contributed by atoms with Gasteiger partial charge in [-0.2, -0.15) is 0 Å². The molecule has 0 saturated heterocycles. The molecule has 2 aromatic carbocycles. The molecule has 4 rings (SSSR count). The number of rotatable bonds is 9. The average Bonchev–Trinajstić information content (AvgIpc) is 3.25. The van der Waals surface area contributed by atoms with Crippen molar-refractivity contribution in [2.75, 3.05) is 23.9 Å². The summed E-state index contributed by atoms with van der Waals surface area (Å²) < 4.78 is 4.91. The van der Waals surface area contributed by atoms with Crippen LogP contribution in [-0.2, 0) is 9.53 Å². The summed E-state index contributed by atoms with van der Waals surface area (Å²) in [4.78, 5) is 22.7. The number of ether oxygens (including phenoxy) is 1. The number of fused-ring (bicyclic) bond motifs is 1. The molecule has 0 aliphatic heterocycles. The molecule has 1 fully saturated rings. The molecule has 6 heteroatoms. The van der Waals surface area contributed by atoms with E-state index in [1.807, 2.05) is 24.3 Å². The van der Waals surface area contributed by atoms with E-state index in [4.69, 9.17) is 9.72 Å². The normalized spacial score (nSPS) is 15.4. The summed E-state index contributed by atoms with van der Waals surface area (Å²) in [6, 6.07) is 15.2. The third kappa shape index (κ3) is 5.72. The summed E-state index contributed by atoms with van der Waals surface area (Å²) in [5, 5.41) is 3.59. The molecule has 0 bridgehead atoms. The quantitative estimate of drug-likeness (QED) is 0.343. The number of nitrogens with one attached hydrogen (secondary N) is 2. The van der Waals surface area contributed by atoms with Crippen molar-refractivity contribution in [1.82, 2.24) is 9.97 Å². The lowest BCUT2D eigenvalue weighted by Crippen LogP contribution is -2.39. The monoisotopic (exact) mass is 462 g/mol. The van der Waals surface area contributed by atoms with Gasteiger partial charge in [0.05, 0.1) is 35.9 Å². The Balaban J connectivity index is 1.72. The molecule has 1 aliphatic carbocycles. The molecule has 0 radical (unpaired) electrons. The van der Waals surface area contributed by atoms with Crippen molar-refractivity contribution in [3.63, 3.8) is 0 Å². The second-order valence-electron chi connectivity index (χ2n) is 10.0. The van der Waals surface area contributed by atoms with Gasteiger partial charge in [-0.05, 0) is 54.5 Å². The molecular formula is C28H38N4O2. The van der Waals surface area contributed by atoms with Crippen molar-refractivity contribution < 1.29 is 9.53 Å². The number of carbonyl (C=O) groups is 1. The second kappa shape index (κ2) is 10.9. The number of benzene rings is 2. The van der Waals surface area contributed by atoms with Crippen molar-refractivity contribution >= 4 is 34.3 Å². The first kappa shape index (κ1) is 24.1. The first-order valence-electron chi connectivity index (χ1n) is 12.6. The van der Waals surface area contributed by atoms with Gasteiger partial charge in [0.1, 0.15) is 0 Å². The van der Waals surface area contributed by atoms with E-state index in [2.05, 4.69) is 54.2 Å². The summed E-state index contributed by atoms with van der Waals surface area (Å²) in [6.07, 6.45) is 6.74. The zero-order valence-corrected chi connectivity index (χ0v) is 20.9. The fraction of sp³-hybridized carbons (Fsp3) is 0.500. The SMILES string of the molecule is COC(=O)CC(C)c1ccc(N(CC(C)C)C2CCCCC2)c(Nc2nc3ccccc3[nH]2)c1. The Labute approximate surface area is 203 Å². The highest BCUT2D eigenvalue weighted by Gasteiger charge is 2.25. The molecule has 0 amide bonds. The van der Waals surface area contributed by atoms with Gasteiger partial charge in [-0.15, -0.1) is 0 Å². The lowest BCUT2D eigenvalue weighted by Gasteiger charge is -2.38. The number of esters is 1. The standard InChI is InChI=1S/C28H38N4O2/c1-19(2)18-32(22-10-6-5-7-11-22)26-15-14-21(20(3)16-27(33)34-4)17-25(26)31-28-29-23-12-8-9-13-24(23)30-28/h8-9,12-15,17,19-20,22H,5-7,10-11,16,18H2,1-4H3,(H2,29,30,31). The van der Waals surface area contributed by atoms with E-state index < -0.39 is 0 Å². The van der Waals surface area contributed by atoms with Gasteiger partial charge in [0, 0.05) is 12.6 Å². The maximum Gasteiger partial charge on any atom is 0.306 e. The molecule has 182 valence electrons. The minimum Gasteiger partial charge on any atom is -0.469 e. The smallest absolute Gasteiger partial charge is 0.306 e. The molecule has 1 aliphatic rings. The molecule has 2 N–H and O–H groups in total. The third-order valence-electron chi connectivity index (χ3n) is 6.82. The van der Waals surface area contributed by atoms with Crippen LogP contribution in [0.15, 0.2) is 42.5 Å². The summed E-state index contributed by atoms with van der Waals surface area (Å²) >= 11 is 0. The van der Waals surface area contributed by atoms with Crippen LogP contribution in [0, 0.1) is 5.92 Å². The number of imidazole rings is 1. The Hall–Kier alpha value is -3.02. The molecule has 1 atom stereocenters. The van der Waals surface area contributed by atoms with Crippen LogP contribution in [0.2, 0.25) is 0 Å². The predicted molar refractivity (Wildman–Crippen MR) is 140 cm³/mol. The fourth-order valence-electron chi connectivity index (χ4n) is 5.03. The number of methoxy groups -OCH3 is 1. The molecule has 1 aromatic heterocycles. The Kier molecular flexibility index (Phi) is 7.76. The van der Waals surface area contributed by atoms with Crippen LogP contribution in [0.25, 0.3) is 11.0 Å². The van der Waals surface area contributed by atoms with Crippen LogP contribution in [0.3, 0.4) is 0 Å². The van der Waals surface area contributed by atoms with Gasteiger partial charge in [0.25, 0.3) is 0 Å². The number of nitrogens with zero attached hydrogens (tertiary/aromatic N) is 2. The van der Waals surface area contributed by atoms with Crippen molar-refractivity contribution in [3.8, 4) is 0 Å². The van der Waals surface area contributed by atoms with Gasteiger partial charge >= 0.3 is 5.97 Å². The van der Waals surface area contributed by atoms with E-state index in [1.165, 1.54) is 44.9 Å². The molecule has 1 heterocycles. The van der Waals surface area contributed by atoms with Crippen LogP contribution in [0.5, 0.6) is 0 Å². The first-order chi connectivity index (χ1) is 16.4. The van der Waals surface area contributed by atoms with Crippen LogP contribution < -0.4 is 10.2 Å². The highest BCUT2D eigenvalue weighted by atomic mass is 16.5. The Morgan fingerprint density at radius 2 is 1.91 bits per heavy atom. The Bertz CT molecular complexity index is 1070. The molecular weight excluding hydrogens is 424 g/mol. The number of H-pyrrole nitrogens is 1. The highest BCUT2D eigenvalue weighted by molar-refractivity contribution is 5.81. The van der Waals surface area contributed by atoms with Crippen molar-refractivity contribution in [2.45, 2.75) is 71.3 Å². The largest absolute Gasteiger partial charge is 0.469 e. The fourth-order valence-corrected chi connectivity index (χ4v) is 5.03. The Morgan fingerprint density at radius 1 is 1.15 bits per heavy atom. The van der Waals surface area contributed by atoms with Gasteiger partial charge in [-0.25, -0.2) is 4.98 Å². The van der Waals surface area contributed by atoms with E-state index in [9.17, 15) is 4.79 Å². The predicted octanol–water partition coefficient (Wildman–Crippen LogP) is 6.77. The third-order valence-corrected chi connectivity index (χ3v) is 6.82. The number of para-hydroxylation sites is 2. The number of aromatic amines is 1. The zero-order chi connectivity index (χ0) is 24.1. The number of hydrogen-bond acceptors (Lipinski definition) is 5. The lowest BCUT2D eigenvalue weighted by molar-refractivity contribution is -0.140. The van der Waals surface area contributed by atoms with Gasteiger partial charge in [0.15, 0.2) is 0 Å². The Morgan fingerprint density at radius 3 is 2.62 bits per heavy atom. The number of aromatic nitrogens is 2. The minimum absolute atomic E-state index is 0.0611. The topological polar surface area (TPSA) is 70.2 Å². The highest BCUT2D eigenvalue weighted by Crippen LogP contribution is 2.37. The van der Waals surface area contributed by atoms with Crippen molar-refractivity contribution in [1.29, 1.82) is 0 Å². The van der Waals surface area contributed by atoms with Crippen LogP contribution in [-0.4, -0.2) is 35.6 Å². The van der Waals surface area contributed by atoms with Crippen LogP contribution in [0.4, 0.5) is 17.3 Å². The van der Waals surface area contributed by atoms with Crippen LogP contribution in [0.1, 0.15) is 70.8 Å². The molecule has 34 heavy (non-hydrogen) atoms. The molecule has 0 spiro atoms. The van der Waals surface area contributed by atoms with E-state index >= 15 is 0 Å². The molecule has 1 saturated carbocycles. The van der Waals surface area contributed by atoms with E-state index in [0.717, 1.165) is 34.8 Å². The van der Waals surface area contributed by atoms with Gasteiger partial charge in [0.2, 0.25) is 5.95 Å². The second-order valence-corrected chi connectivity index (χ2v) is 10.0. The first-order valence-corrected chi connectivity index (χ1v) is 12.6. The number of anilines is 3. The van der Waals surface area contributed by atoms with E-state index in [1.54, 1.807) is 0 Å². The number of carbonyl (C=O) groups excluding carboxylic acids is 1. The number of hydrogen-bond donors (Lipinski definition) is 2. The van der Waals surface area contributed by atoms with Gasteiger partial charge < -0.3 is 19.9 Å². The van der Waals surface area contributed by atoms with E-state index in [0.29, 0.717) is 18.4 Å². The zero-order valence-electron chi connectivity index (χ0n) is 20.9. The van der Waals surface area contributed by atoms with Crippen LogP contribution >= 0.6 is 0 Å². The molecule has 1 unspecified atom stereocenters. The van der Waals surface area contributed by atoms with Crippen molar-refractivity contribution in [2.24, 2.45) is 5.92 Å². The summed E-state index contributed by atoms with van der Waals surface area (Å²) in [6.45, 7) is 7.66. The van der Waals surface area contributed by atoms with Gasteiger partial charge in [-0.3, -0.25) is 4.79 Å². The van der Waals surface area contributed by atoms with Crippen molar-refractivity contribution in [3.05, 3.63) is 48.0 Å². The van der Waals surface area contributed by atoms with E-state index in [-0.39, 0.29) is 11.9 Å². The minimum atomic E-state index is -0.188. The maximum atomic E-state index is 11.9. The summed E-state index contributed by atoms with van der Waals surface area (Å²) in [5.74, 6) is 1.16. The average molecular weight is 463 g/mol. The maximum absolute atomic E-state index is 11.9. The summed E-state index contributed by atoms with van der Waals surface area (Å²) in [7, 11) is 1.45. The molecule has 3 aromatic rings. The molecule has 6 nitrogen and oxygen atoms in total. The summed E-state index contributed by atoms with van der Waals surface area (Å²) in [5.41, 5.74) is 5.29. The lowest BCUT2D eigenvalue weighted by atomic mass is 9.92.